The summed E-state index contributed by atoms with van der Waals surface area (Å²) in [5, 5.41) is 10.8. The minimum atomic E-state index is -0.898. The Balaban J connectivity index is 3.24. The van der Waals surface area contributed by atoms with E-state index in [1.165, 1.54) is 0 Å². The number of aliphatic carboxylic acids is 1. The van der Waals surface area contributed by atoms with Crippen molar-refractivity contribution in [2.45, 2.75) is 25.7 Å². The molecule has 0 aliphatic carbocycles. The standard InChI is InChI=1S/C9H17NO4/c1-14-7-3-2-4-8(11)10-6-5-9(12)13/h2-7H2,1H3,(H,10,11)(H,12,13). The van der Waals surface area contributed by atoms with Crippen LogP contribution in [-0.2, 0) is 14.3 Å². The molecule has 0 aliphatic rings. The SMILES string of the molecule is COCCCCC(=O)NCCC(=O)O. The molecule has 0 atom stereocenters. The molecule has 0 aromatic rings. The van der Waals surface area contributed by atoms with Crippen molar-refractivity contribution in [3.8, 4) is 0 Å². The molecular formula is C9H17NO4. The van der Waals surface area contributed by atoms with Gasteiger partial charge in [0.1, 0.15) is 0 Å². The average molecular weight is 203 g/mol. The summed E-state index contributed by atoms with van der Waals surface area (Å²) in [5.74, 6) is -0.993. The minimum absolute atomic E-state index is 0.0240. The molecule has 0 spiro atoms. The summed E-state index contributed by atoms with van der Waals surface area (Å²) in [6, 6.07) is 0. The van der Waals surface area contributed by atoms with Crippen LogP contribution in [0.1, 0.15) is 25.7 Å². The molecule has 1 amide bonds. The highest BCUT2D eigenvalue weighted by Crippen LogP contribution is 1.95. The largest absolute Gasteiger partial charge is 0.481 e. The molecule has 0 aromatic heterocycles. The highest BCUT2D eigenvalue weighted by molar-refractivity contribution is 5.76. The van der Waals surface area contributed by atoms with E-state index in [9.17, 15) is 9.59 Å². The van der Waals surface area contributed by atoms with Gasteiger partial charge >= 0.3 is 5.97 Å². The van der Waals surface area contributed by atoms with Crippen LogP contribution in [0.2, 0.25) is 0 Å². The zero-order valence-electron chi connectivity index (χ0n) is 8.41. The Morgan fingerprint density at radius 1 is 1.29 bits per heavy atom. The topological polar surface area (TPSA) is 75.6 Å². The number of hydrogen-bond acceptors (Lipinski definition) is 3. The first-order valence-electron chi connectivity index (χ1n) is 4.64. The van der Waals surface area contributed by atoms with Gasteiger partial charge in [0.25, 0.3) is 0 Å². The normalized spacial score (nSPS) is 9.79. The molecule has 0 bridgehead atoms. The Hall–Kier alpha value is -1.10. The fraction of sp³-hybridized carbons (Fsp3) is 0.778. The Kier molecular flexibility index (Phi) is 7.83. The van der Waals surface area contributed by atoms with Gasteiger partial charge < -0.3 is 15.2 Å². The highest BCUT2D eigenvalue weighted by Gasteiger charge is 2.01. The minimum Gasteiger partial charge on any atom is -0.481 e. The van der Waals surface area contributed by atoms with Crippen LogP contribution in [0.3, 0.4) is 0 Å². The first-order chi connectivity index (χ1) is 6.66. The smallest absolute Gasteiger partial charge is 0.305 e. The number of methoxy groups -OCH3 is 1. The van der Waals surface area contributed by atoms with Gasteiger partial charge in [0.05, 0.1) is 6.42 Å². The van der Waals surface area contributed by atoms with Gasteiger partial charge in [0.15, 0.2) is 0 Å². The predicted molar refractivity (Wildman–Crippen MR) is 51.0 cm³/mol. The van der Waals surface area contributed by atoms with Crippen LogP contribution in [0.25, 0.3) is 0 Å². The summed E-state index contributed by atoms with van der Waals surface area (Å²) in [4.78, 5) is 21.2. The first-order valence-corrected chi connectivity index (χ1v) is 4.64. The molecule has 0 saturated carbocycles. The third-order valence-corrected chi connectivity index (χ3v) is 1.66. The molecule has 2 N–H and O–H groups in total. The summed E-state index contributed by atoms with van der Waals surface area (Å²) < 4.78 is 4.83. The number of carbonyl (C=O) groups is 2. The zero-order valence-corrected chi connectivity index (χ0v) is 8.41. The molecule has 5 heteroatoms. The van der Waals surface area contributed by atoms with Gasteiger partial charge in [-0.25, -0.2) is 0 Å². The molecule has 0 radical (unpaired) electrons. The molecule has 82 valence electrons. The second kappa shape index (κ2) is 8.50. The van der Waals surface area contributed by atoms with Gasteiger partial charge in [-0.15, -0.1) is 0 Å². The van der Waals surface area contributed by atoms with Gasteiger partial charge in [-0.05, 0) is 12.8 Å². The number of carboxylic acid groups (broad SMARTS) is 1. The van der Waals surface area contributed by atoms with Gasteiger partial charge in [0.2, 0.25) is 5.91 Å². The van der Waals surface area contributed by atoms with Gasteiger partial charge in [-0.1, -0.05) is 0 Å². The van der Waals surface area contributed by atoms with E-state index in [4.69, 9.17) is 9.84 Å². The molecular weight excluding hydrogens is 186 g/mol. The van der Waals surface area contributed by atoms with Crippen LogP contribution in [0.15, 0.2) is 0 Å². The van der Waals surface area contributed by atoms with Crippen molar-refractivity contribution >= 4 is 11.9 Å². The first kappa shape index (κ1) is 12.9. The van der Waals surface area contributed by atoms with E-state index in [-0.39, 0.29) is 18.9 Å². The maximum atomic E-state index is 11.0. The van der Waals surface area contributed by atoms with Crippen LogP contribution in [0.5, 0.6) is 0 Å². The fourth-order valence-electron chi connectivity index (χ4n) is 0.929. The lowest BCUT2D eigenvalue weighted by atomic mass is 10.2. The van der Waals surface area contributed by atoms with E-state index in [2.05, 4.69) is 5.32 Å². The second-order valence-electron chi connectivity index (χ2n) is 2.94. The molecule has 0 heterocycles. The Morgan fingerprint density at radius 3 is 2.57 bits per heavy atom. The predicted octanol–water partition coefficient (Wildman–Crippen LogP) is 0.394. The van der Waals surface area contributed by atoms with Crippen molar-refractivity contribution in [1.82, 2.24) is 5.32 Å². The molecule has 0 unspecified atom stereocenters. The maximum Gasteiger partial charge on any atom is 0.305 e. The van der Waals surface area contributed by atoms with Crippen LogP contribution < -0.4 is 5.32 Å². The lowest BCUT2D eigenvalue weighted by Gasteiger charge is -2.02. The number of amides is 1. The van der Waals surface area contributed by atoms with Crippen LogP contribution >= 0.6 is 0 Å². The van der Waals surface area contributed by atoms with Crippen molar-refractivity contribution in [2.75, 3.05) is 20.3 Å². The van der Waals surface area contributed by atoms with Gasteiger partial charge in [-0.2, -0.15) is 0 Å². The van der Waals surface area contributed by atoms with Gasteiger partial charge in [-0.3, -0.25) is 9.59 Å². The van der Waals surface area contributed by atoms with Crippen molar-refractivity contribution < 1.29 is 19.4 Å². The van der Waals surface area contributed by atoms with Crippen LogP contribution in [0.4, 0.5) is 0 Å². The summed E-state index contributed by atoms with van der Waals surface area (Å²) in [5.41, 5.74) is 0. The summed E-state index contributed by atoms with van der Waals surface area (Å²) in [6.07, 6.45) is 2.03. The summed E-state index contributed by atoms with van der Waals surface area (Å²) in [7, 11) is 1.62. The molecule has 14 heavy (non-hydrogen) atoms. The molecule has 0 aromatic carbocycles. The van der Waals surface area contributed by atoms with Crippen LogP contribution in [0, 0.1) is 0 Å². The number of unbranched alkanes of at least 4 members (excludes halogenated alkanes) is 1. The molecule has 0 aliphatic heterocycles. The van der Waals surface area contributed by atoms with E-state index in [1.807, 2.05) is 0 Å². The summed E-state index contributed by atoms with van der Waals surface area (Å²) in [6.45, 7) is 0.862. The monoisotopic (exact) mass is 203 g/mol. The van der Waals surface area contributed by atoms with E-state index < -0.39 is 5.97 Å². The Labute approximate surface area is 83.4 Å². The van der Waals surface area contributed by atoms with Crippen molar-refractivity contribution in [3.63, 3.8) is 0 Å². The lowest BCUT2D eigenvalue weighted by Crippen LogP contribution is -2.25. The Morgan fingerprint density at radius 2 is 2.00 bits per heavy atom. The van der Waals surface area contributed by atoms with E-state index in [0.717, 1.165) is 12.8 Å². The van der Waals surface area contributed by atoms with Crippen LogP contribution in [-0.4, -0.2) is 37.2 Å². The Bertz CT molecular complexity index is 182. The second-order valence-corrected chi connectivity index (χ2v) is 2.94. The number of ether oxygens (including phenoxy) is 1. The van der Waals surface area contributed by atoms with Gasteiger partial charge in [0, 0.05) is 26.7 Å². The number of carboxylic acids is 1. The summed E-state index contributed by atoms with van der Waals surface area (Å²) >= 11 is 0. The number of nitrogens with one attached hydrogen (secondary N) is 1. The molecule has 5 nitrogen and oxygen atoms in total. The molecule has 0 saturated heterocycles. The van der Waals surface area contributed by atoms with Crippen molar-refractivity contribution in [2.24, 2.45) is 0 Å². The zero-order chi connectivity index (χ0) is 10.8. The van der Waals surface area contributed by atoms with Crippen molar-refractivity contribution in [3.05, 3.63) is 0 Å². The van der Waals surface area contributed by atoms with E-state index in [0.29, 0.717) is 13.0 Å². The average Bonchev–Trinajstić information content (AvgIpc) is 2.12. The molecule has 0 rings (SSSR count). The quantitative estimate of drug-likeness (QED) is 0.560. The van der Waals surface area contributed by atoms with E-state index in [1.54, 1.807) is 7.11 Å². The number of carbonyl (C=O) groups excluding carboxylic acids is 1. The third kappa shape index (κ3) is 8.99. The fourth-order valence-corrected chi connectivity index (χ4v) is 0.929. The highest BCUT2D eigenvalue weighted by atomic mass is 16.5. The maximum absolute atomic E-state index is 11.0. The van der Waals surface area contributed by atoms with E-state index >= 15 is 0 Å². The van der Waals surface area contributed by atoms with Crippen molar-refractivity contribution in [1.29, 1.82) is 0 Å². The number of hydrogen-bond donors (Lipinski definition) is 2. The number of rotatable bonds is 8. The lowest BCUT2D eigenvalue weighted by molar-refractivity contribution is -0.136. The molecule has 0 fully saturated rings. The third-order valence-electron chi connectivity index (χ3n) is 1.66.